The molecule has 5 atom stereocenters. The highest BCUT2D eigenvalue weighted by Crippen LogP contribution is 2.48. The van der Waals surface area contributed by atoms with Gasteiger partial charge < -0.3 is 19.5 Å². The Labute approximate surface area is 354 Å². The molecule has 10 nitrogen and oxygen atoms in total. The number of fused-ring (bicyclic) bond motifs is 7. The number of anilines is 1. The molecule has 2 aromatic heterocycles. The van der Waals surface area contributed by atoms with Crippen molar-refractivity contribution < 1.29 is 23.8 Å². The fraction of sp³-hybridized carbons (Fsp3) is 0.542. The van der Waals surface area contributed by atoms with E-state index in [1.165, 1.54) is 5.57 Å². The van der Waals surface area contributed by atoms with Crippen LogP contribution in [0.15, 0.2) is 48.6 Å². The second-order valence-corrected chi connectivity index (χ2v) is 24.6. The summed E-state index contributed by atoms with van der Waals surface area (Å²) in [4.78, 5) is 34.1. The van der Waals surface area contributed by atoms with Gasteiger partial charge in [0.25, 0.3) is 0 Å². The van der Waals surface area contributed by atoms with E-state index in [0.29, 0.717) is 59.4 Å². The first-order valence-electron chi connectivity index (χ1n) is 22.2. The zero-order chi connectivity index (χ0) is 42.2. The molecule has 0 radical (unpaired) electrons. The Bertz CT molecular complexity index is 2420. The van der Waals surface area contributed by atoms with Crippen molar-refractivity contribution in [3.63, 3.8) is 0 Å². The molecule has 7 heterocycles. The largest absolute Gasteiger partial charge is 0.471 e. The van der Waals surface area contributed by atoms with E-state index in [-0.39, 0.29) is 46.8 Å². The Morgan fingerprint density at radius 3 is 2.53 bits per heavy atom. The van der Waals surface area contributed by atoms with Gasteiger partial charge in [0, 0.05) is 29.6 Å². The number of carboxylic acid groups (broad SMARTS) is 1. The fourth-order valence-corrected chi connectivity index (χ4v) is 17.4. The maximum Gasteiger partial charge on any atom is 0.407 e. The monoisotopic (exact) mass is 830 g/mol. The van der Waals surface area contributed by atoms with E-state index in [9.17, 15) is 9.90 Å². The van der Waals surface area contributed by atoms with Crippen LogP contribution in [-0.2, 0) is 0 Å². The highest BCUT2D eigenvalue weighted by Gasteiger charge is 2.54. The zero-order valence-electron chi connectivity index (χ0n) is 36.2. The number of rotatable bonds is 9. The average Bonchev–Trinajstić information content (AvgIpc) is 3.82. The quantitative estimate of drug-likeness (QED) is 0.100. The zero-order valence-corrected chi connectivity index (χ0v) is 37.2. The minimum absolute atomic E-state index is 0.0851. The highest BCUT2D eigenvalue weighted by molar-refractivity contribution is 6.90. The third-order valence-electron chi connectivity index (χ3n) is 14.8. The van der Waals surface area contributed by atoms with Gasteiger partial charge in [-0.2, -0.15) is 9.97 Å². The van der Waals surface area contributed by atoms with Gasteiger partial charge in [-0.3, -0.25) is 9.80 Å². The molecule has 12 heteroatoms. The Hall–Kier alpha value is -4.73. The number of piperazine rings is 1. The summed E-state index contributed by atoms with van der Waals surface area (Å²) < 4.78 is 31.5. The number of pyridine rings is 1. The van der Waals surface area contributed by atoms with Crippen molar-refractivity contribution in [2.24, 2.45) is 0 Å². The second-order valence-electron chi connectivity index (χ2n) is 19.0. The topological polar surface area (TPSA) is 104 Å². The first-order valence-corrected chi connectivity index (χ1v) is 24.5. The molecule has 0 aliphatic carbocycles. The van der Waals surface area contributed by atoms with Crippen LogP contribution in [0.1, 0.15) is 99.0 Å². The van der Waals surface area contributed by atoms with Gasteiger partial charge in [-0.15, -0.1) is 5.54 Å². The molecule has 5 aliphatic rings. The van der Waals surface area contributed by atoms with Gasteiger partial charge in [0.1, 0.15) is 43.2 Å². The van der Waals surface area contributed by atoms with Crippen molar-refractivity contribution in [3.05, 3.63) is 59.9 Å². The van der Waals surface area contributed by atoms with Crippen LogP contribution in [0.25, 0.3) is 32.9 Å². The average molecular weight is 831 g/mol. The Balaban J connectivity index is 1.25. The lowest BCUT2D eigenvalue weighted by Gasteiger charge is -2.47. The van der Waals surface area contributed by atoms with E-state index >= 15 is 4.39 Å². The van der Waals surface area contributed by atoms with E-state index in [2.05, 4.69) is 76.3 Å². The number of amides is 1. The van der Waals surface area contributed by atoms with Crippen LogP contribution < -0.4 is 14.4 Å². The van der Waals surface area contributed by atoms with Crippen molar-refractivity contribution in [1.29, 1.82) is 0 Å². The van der Waals surface area contributed by atoms with Crippen LogP contribution in [-0.4, -0.2) is 100 Å². The van der Waals surface area contributed by atoms with E-state index in [4.69, 9.17) is 24.4 Å². The summed E-state index contributed by atoms with van der Waals surface area (Å²) in [6.45, 7) is 22.9. The van der Waals surface area contributed by atoms with Crippen molar-refractivity contribution in [2.75, 3.05) is 31.1 Å². The van der Waals surface area contributed by atoms with E-state index in [1.807, 2.05) is 36.4 Å². The van der Waals surface area contributed by atoms with E-state index in [1.54, 1.807) is 4.90 Å². The maximum atomic E-state index is 17.9. The molecule has 2 bridgehead atoms. The summed E-state index contributed by atoms with van der Waals surface area (Å²) in [5, 5.41) is 12.6. The second kappa shape index (κ2) is 15.3. The molecule has 316 valence electrons. The number of benzene rings is 2. The summed E-state index contributed by atoms with van der Waals surface area (Å²) in [5.41, 5.74) is 7.92. The molecule has 4 saturated heterocycles. The van der Waals surface area contributed by atoms with Gasteiger partial charge in [-0.05, 0) is 73.1 Å². The summed E-state index contributed by atoms with van der Waals surface area (Å²) in [5.74, 6) is 3.84. The summed E-state index contributed by atoms with van der Waals surface area (Å²) >= 11 is 0. The molecular weight excluding hydrogens is 772 g/mol. The van der Waals surface area contributed by atoms with Crippen molar-refractivity contribution in [3.8, 4) is 34.6 Å². The number of nitrogens with zero attached hydrogens (tertiary/aromatic N) is 6. The molecule has 1 N–H and O–H groups in total. The maximum absolute atomic E-state index is 17.9. The number of hydrogen-bond donors (Lipinski definition) is 1. The van der Waals surface area contributed by atoms with Gasteiger partial charge in [-0.1, -0.05) is 103 Å². The molecule has 0 spiro atoms. The van der Waals surface area contributed by atoms with Crippen LogP contribution in [0.4, 0.5) is 15.0 Å². The number of carbonyl (C=O) groups is 1. The molecule has 2 aromatic carbocycles. The minimum Gasteiger partial charge on any atom is -0.471 e. The van der Waals surface area contributed by atoms with Gasteiger partial charge in [0.2, 0.25) is 5.88 Å². The predicted octanol–water partition coefficient (Wildman–Crippen LogP) is 9.99. The van der Waals surface area contributed by atoms with E-state index in [0.717, 1.165) is 61.5 Å². The van der Waals surface area contributed by atoms with Gasteiger partial charge in [-0.25, -0.2) is 14.2 Å². The molecule has 5 unspecified atom stereocenters. The molecule has 5 aliphatic heterocycles. The minimum atomic E-state index is -2.10. The van der Waals surface area contributed by atoms with Gasteiger partial charge >= 0.3 is 12.1 Å². The van der Waals surface area contributed by atoms with Crippen LogP contribution in [0.5, 0.6) is 11.9 Å². The van der Waals surface area contributed by atoms with Crippen molar-refractivity contribution in [2.45, 2.75) is 140 Å². The van der Waals surface area contributed by atoms with Gasteiger partial charge in [0.15, 0.2) is 5.82 Å². The highest BCUT2D eigenvalue weighted by atomic mass is 28.3. The SMILES string of the molecule is C=C1CN2CCCC2(COc2nc3c4c(nc(-c5cccc6cccc(C#C[Si](C(C)C)(C(C)C)C(C)C)c56)c(F)c4n2)OC(CCC)C2C4CCC(CN32)N4C(=O)O)C1. The Morgan fingerprint density at radius 2 is 1.82 bits per heavy atom. The third-order valence-corrected chi connectivity index (χ3v) is 21.1. The summed E-state index contributed by atoms with van der Waals surface area (Å²) in [6.07, 6.45) is 4.45. The molecular formula is C48H59FN6O4Si. The van der Waals surface area contributed by atoms with Crippen LogP contribution in [0, 0.1) is 17.3 Å². The van der Waals surface area contributed by atoms with Crippen LogP contribution >= 0.6 is 0 Å². The van der Waals surface area contributed by atoms with Crippen LogP contribution in [0.2, 0.25) is 16.6 Å². The summed E-state index contributed by atoms with van der Waals surface area (Å²) in [7, 11) is -2.10. The molecule has 1 amide bonds. The van der Waals surface area contributed by atoms with Crippen LogP contribution in [0.3, 0.4) is 0 Å². The molecule has 4 fully saturated rings. The first-order chi connectivity index (χ1) is 28.8. The smallest absolute Gasteiger partial charge is 0.407 e. The third kappa shape index (κ3) is 6.36. The lowest BCUT2D eigenvalue weighted by molar-refractivity contribution is 0.0616. The number of ether oxygens (including phenoxy) is 2. The first kappa shape index (κ1) is 40.7. The fourth-order valence-electron chi connectivity index (χ4n) is 12.2. The molecule has 4 aromatic rings. The normalized spacial score (nSPS) is 24.9. The molecule has 9 rings (SSSR count). The standard InChI is InChI=1S/C48H59FN6O4Si/c1-9-13-37-43-36-19-18-34(55(36)47(56)57)26-54(43)44-39-42(51-46(52-44)58-27-48-21-12-22-53(48)25-31(8)24-48)40(49)41(50-45(39)59-37)35-17-11-16-32-14-10-15-33(38(32)35)20-23-60(28(2)3,29(4)5)30(6)7/h10-11,14-17,28-30,34,36-37,43H,8-9,12-13,18-19,21-22,24-27H2,1-7H3,(H,56,57). The Morgan fingerprint density at radius 1 is 1.07 bits per heavy atom. The number of aromatic nitrogens is 3. The number of hydrogen-bond acceptors (Lipinski definition) is 8. The predicted molar refractivity (Wildman–Crippen MR) is 238 cm³/mol. The van der Waals surface area contributed by atoms with Gasteiger partial charge in [0.05, 0.1) is 23.7 Å². The number of halogens is 1. The lowest BCUT2D eigenvalue weighted by atomic mass is 9.94. The lowest BCUT2D eigenvalue weighted by Crippen LogP contribution is -2.65. The molecule has 60 heavy (non-hydrogen) atoms. The van der Waals surface area contributed by atoms with Crippen molar-refractivity contribution >= 4 is 41.7 Å². The molecule has 0 saturated carbocycles. The van der Waals surface area contributed by atoms with E-state index < -0.39 is 26.1 Å². The Kier molecular flexibility index (Phi) is 10.4. The summed E-state index contributed by atoms with van der Waals surface area (Å²) in [6, 6.07) is 11.2. The van der Waals surface area contributed by atoms with Crippen molar-refractivity contribution in [1.82, 2.24) is 24.8 Å².